The van der Waals surface area contributed by atoms with Gasteiger partial charge in [-0.2, -0.15) is 0 Å². The molecule has 1 saturated carbocycles. The van der Waals surface area contributed by atoms with Gasteiger partial charge in [0.05, 0.1) is 11.6 Å². The largest absolute Gasteiger partial charge is 0.399 e. The molecular weight excluding hydrogens is 288 g/mol. The molecule has 0 unspecified atom stereocenters. The quantitative estimate of drug-likeness (QED) is 0.812. The van der Waals surface area contributed by atoms with Crippen molar-refractivity contribution in [3.63, 3.8) is 0 Å². The molecule has 2 aromatic rings. The summed E-state index contributed by atoms with van der Waals surface area (Å²) in [5.74, 6) is -0.120. The van der Waals surface area contributed by atoms with Gasteiger partial charge in [0.15, 0.2) is 0 Å². The van der Waals surface area contributed by atoms with Crippen molar-refractivity contribution in [2.75, 3.05) is 12.3 Å². The Morgan fingerprint density at radius 3 is 3.05 bits per heavy atom. The Morgan fingerprint density at radius 1 is 1.52 bits per heavy atom. The van der Waals surface area contributed by atoms with Crippen molar-refractivity contribution in [3.05, 3.63) is 23.8 Å². The number of nitrogens with one attached hydrogen (secondary N) is 1. The first kappa shape index (κ1) is 13.9. The van der Waals surface area contributed by atoms with Crippen molar-refractivity contribution < 1.29 is 4.79 Å². The van der Waals surface area contributed by atoms with Crippen molar-refractivity contribution in [2.24, 2.45) is 0 Å². The standard InChI is InChI=1S/C13H16N6OS/c1-2-15-12(20)10-6-3-8(14)7-11(10)21-13-16-17-18-19(13)9-4-5-9/h3,6-7,9H,2,4-5,14H2,1H3,(H,15,20). The number of aromatic nitrogens is 4. The van der Waals surface area contributed by atoms with Crippen LogP contribution in [0, 0.1) is 0 Å². The topological polar surface area (TPSA) is 98.7 Å². The summed E-state index contributed by atoms with van der Waals surface area (Å²) in [5.41, 5.74) is 7.03. The second-order valence-electron chi connectivity index (χ2n) is 4.85. The number of hydrogen-bond acceptors (Lipinski definition) is 6. The fraction of sp³-hybridized carbons (Fsp3) is 0.385. The number of nitrogens with two attached hydrogens (primary N) is 1. The minimum Gasteiger partial charge on any atom is -0.399 e. The number of carbonyl (C=O) groups is 1. The highest BCUT2D eigenvalue weighted by Gasteiger charge is 2.28. The van der Waals surface area contributed by atoms with Crippen LogP contribution in [-0.4, -0.2) is 32.7 Å². The molecule has 0 saturated heterocycles. The van der Waals surface area contributed by atoms with Gasteiger partial charge in [-0.15, -0.1) is 5.10 Å². The second-order valence-corrected chi connectivity index (χ2v) is 5.86. The zero-order valence-corrected chi connectivity index (χ0v) is 12.4. The number of rotatable bonds is 5. The van der Waals surface area contributed by atoms with Gasteiger partial charge >= 0.3 is 0 Å². The van der Waals surface area contributed by atoms with Crippen LogP contribution in [0.2, 0.25) is 0 Å². The Bertz CT molecular complexity index is 666. The molecule has 0 atom stereocenters. The maximum absolute atomic E-state index is 12.1. The first-order valence-electron chi connectivity index (χ1n) is 6.82. The molecule has 1 fully saturated rings. The molecule has 1 aromatic carbocycles. The van der Waals surface area contributed by atoms with Gasteiger partial charge in [0.25, 0.3) is 5.91 Å². The molecule has 3 rings (SSSR count). The molecule has 1 heterocycles. The summed E-state index contributed by atoms with van der Waals surface area (Å²) in [6.07, 6.45) is 2.19. The predicted molar refractivity (Wildman–Crippen MR) is 79.1 cm³/mol. The molecule has 8 heteroatoms. The molecule has 1 amide bonds. The minimum absolute atomic E-state index is 0.120. The Morgan fingerprint density at radius 2 is 2.33 bits per heavy atom. The highest BCUT2D eigenvalue weighted by molar-refractivity contribution is 7.99. The van der Waals surface area contributed by atoms with Crippen LogP contribution in [0.4, 0.5) is 5.69 Å². The molecule has 21 heavy (non-hydrogen) atoms. The highest BCUT2D eigenvalue weighted by Crippen LogP contribution is 2.38. The van der Waals surface area contributed by atoms with Gasteiger partial charge in [-0.05, 0) is 60.2 Å². The van der Waals surface area contributed by atoms with E-state index in [0.717, 1.165) is 17.7 Å². The molecule has 0 spiro atoms. The van der Waals surface area contributed by atoms with E-state index < -0.39 is 0 Å². The number of benzene rings is 1. The summed E-state index contributed by atoms with van der Waals surface area (Å²) in [7, 11) is 0. The monoisotopic (exact) mass is 304 g/mol. The van der Waals surface area contributed by atoms with Gasteiger partial charge in [0, 0.05) is 17.1 Å². The normalized spacial score (nSPS) is 14.1. The summed E-state index contributed by atoms with van der Waals surface area (Å²) in [5, 5.41) is 15.3. The van der Waals surface area contributed by atoms with E-state index in [9.17, 15) is 4.79 Å². The third-order valence-corrected chi connectivity index (χ3v) is 4.15. The lowest BCUT2D eigenvalue weighted by molar-refractivity contribution is 0.0953. The summed E-state index contributed by atoms with van der Waals surface area (Å²) in [6.45, 7) is 2.46. The van der Waals surface area contributed by atoms with Crippen LogP contribution in [0.15, 0.2) is 28.3 Å². The van der Waals surface area contributed by atoms with E-state index in [1.54, 1.807) is 18.2 Å². The fourth-order valence-corrected chi connectivity index (χ4v) is 2.98. The third-order valence-electron chi connectivity index (χ3n) is 3.14. The van der Waals surface area contributed by atoms with E-state index in [1.165, 1.54) is 11.8 Å². The van der Waals surface area contributed by atoms with Crippen LogP contribution in [0.1, 0.15) is 36.2 Å². The summed E-state index contributed by atoms with van der Waals surface area (Å²) in [6, 6.07) is 5.62. The average molecular weight is 304 g/mol. The maximum Gasteiger partial charge on any atom is 0.252 e. The molecule has 0 aliphatic heterocycles. The number of amides is 1. The van der Waals surface area contributed by atoms with Crippen molar-refractivity contribution >= 4 is 23.4 Å². The number of carbonyl (C=O) groups excluding carboxylic acids is 1. The average Bonchev–Trinajstić information content (AvgIpc) is 3.20. The van der Waals surface area contributed by atoms with Crippen LogP contribution in [0.5, 0.6) is 0 Å². The van der Waals surface area contributed by atoms with E-state index >= 15 is 0 Å². The number of nitrogens with zero attached hydrogens (tertiary/aromatic N) is 4. The van der Waals surface area contributed by atoms with Gasteiger partial charge in [-0.25, -0.2) is 4.68 Å². The lowest BCUT2D eigenvalue weighted by atomic mass is 10.2. The van der Waals surface area contributed by atoms with E-state index in [1.807, 2.05) is 11.6 Å². The summed E-state index contributed by atoms with van der Waals surface area (Å²) >= 11 is 1.37. The molecule has 110 valence electrons. The highest BCUT2D eigenvalue weighted by atomic mass is 32.2. The van der Waals surface area contributed by atoms with Crippen molar-refractivity contribution in [3.8, 4) is 0 Å². The number of hydrogen-bond donors (Lipinski definition) is 2. The van der Waals surface area contributed by atoms with Crippen LogP contribution < -0.4 is 11.1 Å². The molecule has 1 aromatic heterocycles. The second kappa shape index (κ2) is 5.72. The van der Waals surface area contributed by atoms with Crippen LogP contribution in [0.3, 0.4) is 0 Å². The van der Waals surface area contributed by atoms with E-state index in [2.05, 4.69) is 20.8 Å². The van der Waals surface area contributed by atoms with Gasteiger partial charge in [-0.3, -0.25) is 4.79 Å². The first-order chi connectivity index (χ1) is 10.2. The minimum atomic E-state index is -0.120. The number of nitrogen functional groups attached to an aromatic ring is 1. The Labute approximate surface area is 126 Å². The maximum atomic E-state index is 12.1. The van der Waals surface area contributed by atoms with Gasteiger partial charge in [0.1, 0.15) is 0 Å². The third kappa shape index (κ3) is 2.99. The van der Waals surface area contributed by atoms with Crippen LogP contribution in [0.25, 0.3) is 0 Å². The Kier molecular flexibility index (Phi) is 3.78. The van der Waals surface area contributed by atoms with E-state index in [0.29, 0.717) is 29.0 Å². The van der Waals surface area contributed by atoms with Crippen molar-refractivity contribution in [1.29, 1.82) is 0 Å². The molecule has 3 N–H and O–H groups in total. The zero-order chi connectivity index (χ0) is 14.8. The zero-order valence-electron chi connectivity index (χ0n) is 11.6. The number of tetrazole rings is 1. The molecule has 0 radical (unpaired) electrons. The van der Waals surface area contributed by atoms with Gasteiger partial charge < -0.3 is 11.1 Å². The fourth-order valence-electron chi connectivity index (χ4n) is 1.97. The predicted octanol–water partition coefficient (Wildman–Crippen LogP) is 1.49. The summed E-state index contributed by atoms with van der Waals surface area (Å²) in [4.78, 5) is 12.9. The van der Waals surface area contributed by atoms with Gasteiger partial charge in [-0.1, -0.05) is 0 Å². The van der Waals surface area contributed by atoms with Crippen molar-refractivity contribution in [1.82, 2.24) is 25.5 Å². The SMILES string of the molecule is CCNC(=O)c1ccc(N)cc1Sc1nnnn1C1CC1. The first-order valence-corrected chi connectivity index (χ1v) is 7.64. The van der Waals surface area contributed by atoms with Crippen LogP contribution in [-0.2, 0) is 0 Å². The molecule has 7 nitrogen and oxygen atoms in total. The molecule has 0 bridgehead atoms. The lowest BCUT2D eigenvalue weighted by Gasteiger charge is -2.09. The lowest BCUT2D eigenvalue weighted by Crippen LogP contribution is -2.23. The smallest absolute Gasteiger partial charge is 0.252 e. The molecular formula is C13H16N6OS. The Balaban J connectivity index is 1.91. The van der Waals surface area contributed by atoms with E-state index in [-0.39, 0.29) is 5.91 Å². The van der Waals surface area contributed by atoms with Crippen molar-refractivity contribution in [2.45, 2.75) is 35.9 Å². The van der Waals surface area contributed by atoms with Gasteiger partial charge in [0.2, 0.25) is 5.16 Å². The van der Waals surface area contributed by atoms with Crippen LogP contribution >= 0.6 is 11.8 Å². The number of anilines is 1. The Hall–Kier alpha value is -2.09. The molecule has 1 aliphatic carbocycles. The molecule has 1 aliphatic rings. The van der Waals surface area contributed by atoms with E-state index in [4.69, 9.17) is 5.73 Å². The summed E-state index contributed by atoms with van der Waals surface area (Å²) < 4.78 is 1.81.